The first-order valence-corrected chi connectivity index (χ1v) is 10.1. The zero-order chi connectivity index (χ0) is 18.9. The minimum absolute atomic E-state index is 0.189. The van der Waals surface area contributed by atoms with Crippen molar-refractivity contribution in [1.82, 2.24) is 15.5 Å². The molecule has 2 atom stereocenters. The first-order chi connectivity index (χ1) is 12.6. The molecule has 0 aliphatic carbocycles. The smallest absolute Gasteiger partial charge is 0.191 e. The Kier molecular flexibility index (Phi) is 8.38. The highest BCUT2D eigenvalue weighted by Crippen LogP contribution is 2.31. The molecule has 0 spiro atoms. The molecule has 1 saturated heterocycles. The maximum atomic E-state index is 5.45. The summed E-state index contributed by atoms with van der Waals surface area (Å²) in [5.74, 6) is 3.62. The first-order valence-electron chi connectivity index (χ1n) is 9.03. The SMILES string of the molecule is CN=C(NCC1CCCS1)NCC(c1ccc(OC)c(OC)c1)N(C)C. The number of ether oxygens (including phenoxy) is 2. The van der Waals surface area contributed by atoms with Crippen molar-refractivity contribution in [3.8, 4) is 11.5 Å². The fourth-order valence-corrected chi connectivity index (χ4v) is 4.29. The van der Waals surface area contributed by atoms with E-state index in [4.69, 9.17) is 9.47 Å². The van der Waals surface area contributed by atoms with Gasteiger partial charge >= 0.3 is 0 Å². The fraction of sp³-hybridized carbons (Fsp3) is 0.632. The van der Waals surface area contributed by atoms with Gasteiger partial charge in [-0.05, 0) is 50.4 Å². The van der Waals surface area contributed by atoms with Gasteiger partial charge in [-0.25, -0.2) is 0 Å². The first kappa shape index (κ1) is 20.7. The summed E-state index contributed by atoms with van der Waals surface area (Å²) in [6.07, 6.45) is 2.62. The maximum Gasteiger partial charge on any atom is 0.191 e. The Bertz CT molecular complexity index is 589. The third-order valence-corrected chi connectivity index (χ3v) is 6.02. The minimum atomic E-state index is 0.189. The van der Waals surface area contributed by atoms with Crippen molar-refractivity contribution in [3.05, 3.63) is 23.8 Å². The van der Waals surface area contributed by atoms with Crippen LogP contribution in [0.15, 0.2) is 23.2 Å². The van der Waals surface area contributed by atoms with E-state index in [1.54, 1.807) is 14.2 Å². The highest BCUT2D eigenvalue weighted by molar-refractivity contribution is 8.00. The average Bonchev–Trinajstić information content (AvgIpc) is 3.17. The summed E-state index contributed by atoms with van der Waals surface area (Å²) in [6.45, 7) is 1.72. The van der Waals surface area contributed by atoms with Crippen molar-refractivity contribution in [2.24, 2.45) is 4.99 Å². The molecule has 0 aromatic heterocycles. The highest BCUT2D eigenvalue weighted by atomic mass is 32.2. The molecule has 0 saturated carbocycles. The Morgan fingerprint density at radius 3 is 2.62 bits per heavy atom. The summed E-state index contributed by atoms with van der Waals surface area (Å²) in [7, 11) is 9.29. The van der Waals surface area contributed by atoms with Crippen LogP contribution in [-0.4, -0.2) is 70.3 Å². The Balaban J connectivity index is 1.98. The van der Waals surface area contributed by atoms with Crippen molar-refractivity contribution in [3.63, 3.8) is 0 Å². The van der Waals surface area contributed by atoms with Crippen LogP contribution in [-0.2, 0) is 0 Å². The molecule has 2 unspecified atom stereocenters. The molecule has 26 heavy (non-hydrogen) atoms. The van der Waals surface area contributed by atoms with Gasteiger partial charge < -0.3 is 25.0 Å². The minimum Gasteiger partial charge on any atom is -0.493 e. The van der Waals surface area contributed by atoms with E-state index in [1.807, 2.05) is 30.9 Å². The van der Waals surface area contributed by atoms with E-state index in [1.165, 1.54) is 24.2 Å². The molecule has 0 radical (unpaired) electrons. The summed E-state index contributed by atoms with van der Waals surface area (Å²) in [5, 5.41) is 7.61. The molecule has 6 nitrogen and oxygen atoms in total. The molecule has 1 aliphatic rings. The lowest BCUT2D eigenvalue weighted by Crippen LogP contribution is -2.43. The molecule has 0 amide bonds. The van der Waals surface area contributed by atoms with Crippen LogP contribution in [0.2, 0.25) is 0 Å². The number of hydrogen-bond acceptors (Lipinski definition) is 5. The van der Waals surface area contributed by atoms with Crippen LogP contribution < -0.4 is 20.1 Å². The van der Waals surface area contributed by atoms with E-state index < -0.39 is 0 Å². The summed E-state index contributed by atoms with van der Waals surface area (Å²) in [4.78, 5) is 6.55. The third kappa shape index (κ3) is 5.71. The molecule has 7 heteroatoms. The predicted octanol–water partition coefficient (Wildman–Crippen LogP) is 2.37. The number of benzene rings is 1. The predicted molar refractivity (Wildman–Crippen MR) is 111 cm³/mol. The second-order valence-corrected chi connectivity index (χ2v) is 7.97. The monoisotopic (exact) mass is 380 g/mol. The van der Waals surface area contributed by atoms with Gasteiger partial charge in [-0.3, -0.25) is 4.99 Å². The average molecular weight is 381 g/mol. The second kappa shape index (κ2) is 10.5. The van der Waals surface area contributed by atoms with Crippen LogP contribution in [0.4, 0.5) is 0 Å². The van der Waals surface area contributed by atoms with Gasteiger partial charge in [0.15, 0.2) is 17.5 Å². The molecule has 1 aromatic rings. The quantitative estimate of drug-likeness (QED) is 0.533. The number of likely N-dealkylation sites (N-methyl/N-ethyl adjacent to an activating group) is 1. The summed E-state index contributed by atoms with van der Waals surface area (Å²) in [6, 6.07) is 6.26. The number of rotatable bonds is 8. The van der Waals surface area contributed by atoms with Crippen LogP contribution >= 0.6 is 11.8 Å². The molecule has 1 heterocycles. The fourth-order valence-electron chi connectivity index (χ4n) is 3.09. The van der Waals surface area contributed by atoms with Gasteiger partial charge in [0.25, 0.3) is 0 Å². The van der Waals surface area contributed by atoms with Gasteiger partial charge in [0.1, 0.15) is 0 Å². The molecule has 1 aliphatic heterocycles. The summed E-state index contributed by atoms with van der Waals surface area (Å²) < 4.78 is 10.8. The number of thioether (sulfide) groups is 1. The topological polar surface area (TPSA) is 58.1 Å². The number of nitrogens with one attached hydrogen (secondary N) is 2. The van der Waals surface area contributed by atoms with Gasteiger partial charge in [-0.1, -0.05) is 6.07 Å². The molecular formula is C19H32N4O2S. The highest BCUT2D eigenvalue weighted by Gasteiger charge is 2.18. The molecular weight excluding hydrogens is 348 g/mol. The van der Waals surface area contributed by atoms with E-state index in [9.17, 15) is 0 Å². The molecule has 146 valence electrons. The Morgan fingerprint density at radius 1 is 1.27 bits per heavy atom. The van der Waals surface area contributed by atoms with Crippen molar-refractivity contribution in [2.75, 3.05) is 54.2 Å². The lowest BCUT2D eigenvalue weighted by atomic mass is 10.1. The Labute approximate surface area is 161 Å². The maximum absolute atomic E-state index is 5.45. The lowest BCUT2D eigenvalue weighted by molar-refractivity contribution is 0.295. The van der Waals surface area contributed by atoms with E-state index in [0.717, 1.165) is 30.5 Å². The van der Waals surface area contributed by atoms with E-state index in [0.29, 0.717) is 5.25 Å². The summed E-state index contributed by atoms with van der Waals surface area (Å²) in [5.41, 5.74) is 1.17. The number of methoxy groups -OCH3 is 2. The van der Waals surface area contributed by atoms with E-state index in [-0.39, 0.29) is 6.04 Å². The van der Waals surface area contributed by atoms with Crippen LogP contribution in [0, 0.1) is 0 Å². The lowest BCUT2D eigenvalue weighted by Gasteiger charge is -2.27. The zero-order valence-electron chi connectivity index (χ0n) is 16.5. The number of guanidine groups is 1. The van der Waals surface area contributed by atoms with Gasteiger partial charge in [-0.2, -0.15) is 11.8 Å². The molecule has 0 bridgehead atoms. The van der Waals surface area contributed by atoms with Crippen molar-refractivity contribution < 1.29 is 9.47 Å². The molecule has 2 N–H and O–H groups in total. The van der Waals surface area contributed by atoms with E-state index in [2.05, 4.69) is 40.7 Å². The number of hydrogen-bond donors (Lipinski definition) is 2. The second-order valence-electron chi connectivity index (χ2n) is 6.56. The van der Waals surface area contributed by atoms with E-state index >= 15 is 0 Å². The zero-order valence-corrected chi connectivity index (χ0v) is 17.4. The largest absolute Gasteiger partial charge is 0.493 e. The van der Waals surface area contributed by atoms with Crippen molar-refractivity contribution in [2.45, 2.75) is 24.1 Å². The summed E-state index contributed by atoms with van der Waals surface area (Å²) >= 11 is 2.05. The molecule has 2 rings (SSSR count). The Morgan fingerprint density at radius 2 is 2.04 bits per heavy atom. The Hall–Kier alpha value is -1.60. The van der Waals surface area contributed by atoms with Crippen LogP contribution in [0.5, 0.6) is 11.5 Å². The van der Waals surface area contributed by atoms with Gasteiger partial charge in [0, 0.05) is 25.4 Å². The normalized spacial score (nSPS) is 18.7. The van der Waals surface area contributed by atoms with Crippen LogP contribution in [0.3, 0.4) is 0 Å². The van der Waals surface area contributed by atoms with Crippen molar-refractivity contribution >= 4 is 17.7 Å². The number of nitrogens with zero attached hydrogens (tertiary/aromatic N) is 2. The van der Waals surface area contributed by atoms with Crippen LogP contribution in [0.1, 0.15) is 24.4 Å². The van der Waals surface area contributed by atoms with Gasteiger partial charge in [0.2, 0.25) is 0 Å². The van der Waals surface area contributed by atoms with Gasteiger partial charge in [0.05, 0.1) is 20.3 Å². The molecule has 1 fully saturated rings. The standard InChI is InChI=1S/C19H32N4O2S/c1-20-19(21-12-15-7-6-10-26-15)22-13-16(23(2)3)14-8-9-17(24-4)18(11-14)25-5/h8-9,11,15-16H,6-7,10,12-13H2,1-5H3,(H2,20,21,22). The van der Waals surface area contributed by atoms with Crippen molar-refractivity contribution in [1.29, 1.82) is 0 Å². The number of aliphatic imine (C=N–C) groups is 1. The molecule has 1 aromatic carbocycles. The van der Waals surface area contributed by atoms with Gasteiger partial charge in [-0.15, -0.1) is 0 Å². The third-order valence-electron chi connectivity index (χ3n) is 4.62. The van der Waals surface area contributed by atoms with Crippen LogP contribution in [0.25, 0.3) is 0 Å².